The molecule has 1 fully saturated rings. The third-order valence-electron chi connectivity index (χ3n) is 6.62. The van der Waals surface area contributed by atoms with Crippen molar-refractivity contribution in [3.05, 3.63) is 58.9 Å². The van der Waals surface area contributed by atoms with Gasteiger partial charge in [0.25, 0.3) is 11.8 Å². The summed E-state index contributed by atoms with van der Waals surface area (Å²) in [4.78, 5) is 28.8. The number of carbonyl (C=O) groups is 2. The molecule has 4 rings (SSSR count). The van der Waals surface area contributed by atoms with E-state index in [1.54, 1.807) is 6.07 Å². The first-order valence-corrected chi connectivity index (χ1v) is 11.5. The fourth-order valence-corrected chi connectivity index (χ4v) is 4.93. The van der Waals surface area contributed by atoms with Crippen LogP contribution in [0, 0.1) is 5.92 Å². The zero-order chi connectivity index (χ0) is 22.0. The van der Waals surface area contributed by atoms with Crippen LogP contribution in [0.3, 0.4) is 0 Å². The number of benzene rings is 1. The SMILES string of the molecule is CCC(NC(=O)c1cc(C(=O)N2CCCC2C(C)C)n2c1COCC2)c1ccccc1. The number of aromatic nitrogens is 1. The number of carbonyl (C=O) groups excluding carboxylic acids is 2. The topological polar surface area (TPSA) is 63.6 Å². The number of rotatable bonds is 6. The van der Waals surface area contributed by atoms with Gasteiger partial charge in [-0.25, -0.2) is 0 Å². The highest BCUT2D eigenvalue weighted by molar-refractivity contribution is 6.01. The smallest absolute Gasteiger partial charge is 0.270 e. The van der Waals surface area contributed by atoms with E-state index in [-0.39, 0.29) is 23.9 Å². The summed E-state index contributed by atoms with van der Waals surface area (Å²) >= 11 is 0. The number of likely N-dealkylation sites (tertiary alicyclic amines) is 1. The summed E-state index contributed by atoms with van der Waals surface area (Å²) in [5.41, 5.74) is 3.05. The Labute approximate surface area is 184 Å². The number of ether oxygens (including phenoxy) is 1. The fraction of sp³-hybridized carbons (Fsp3) is 0.520. The van der Waals surface area contributed by atoms with Gasteiger partial charge in [0, 0.05) is 19.1 Å². The van der Waals surface area contributed by atoms with E-state index in [9.17, 15) is 9.59 Å². The first-order valence-electron chi connectivity index (χ1n) is 11.5. The second kappa shape index (κ2) is 9.27. The molecule has 1 N–H and O–H groups in total. The van der Waals surface area contributed by atoms with Gasteiger partial charge in [-0.3, -0.25) is 9.59 Å². The van der Waals surface area contributed by atoms with E-state index < -0.39 is 0 Å². The highest BCUT2D eigenvalue weighted by atomic mass is 16.5. The summed E-state index contributed by atoms with van der Waals surface area (Å²) in [7, 11) is 0. The second-order valence-corrected chi connectivity index (χ2v) is 8.89. The van der Waals surface area contributed by atoms with Gasteiger partial charge in [0.15, 0.2) is 0 Å². The molecule has 3 heterocycles. The van der Waals surface area contributed by atoms with E-state index >= 15 is 0 Å². The molecule has 2 aliphatic rings. The minimum atomic E-state index is -0.147. The molecule has 166 valence electrons. The van der Waals surface area contributed by atoms with Gasteiger partial charge in [-0.15, -0.1) is 0 Å². The quantitative estimate of drug-likeness (QED) is 0.759. The van der Waals surface area contributed by atoms with Crippen LogP contribution in [0.2, 0.25) is 0 Å². The zero-order valence-corrected chi connectivity index (χ0v) is 18.8. The maximum Gasteiger partial charge on any atom is 0.270 e. The summed E-state index contributed by atoms with van der Waals surface area (Å²) in [5, 5.41) is 3.17. The molecule has 1 aromatic heterocycles. The third kappa shape index (κ3) is 4.26. The van der Waals surface area contributed by atoms with Crippen molar-refractivity contribution >= 4 is 11.8 Å². The van der Waals surface area contributed by atoms with Crippen LogP contribution < -0.4 is 5.32 Å². The lowest BCUT2D eigenvalue weighted by atomic mass is 10.0. The maximum atomic E-state index is 13.5. The number of hydrogen-bond donors (Lipinski definition) is 1. The van der Waals surface area contributed by atoms with Crippen LogP contribution in [-0.2, 0) is 17.9 Å². The van der Waals surface area contributed by atoms with E-state index in [0.717, 1.165) is 37.1 Å². The maximum absolute atomic E-state index is 13.5. The van der Waals surface area contributed by atoms with Gasteiger partial charge in [-0.2, -0.15) is 0 Å². The Bertz CT molecular complexity index is 935. The van der Waals surface area contributed by atoms with Gasteiger partial charge >= 0.3 is 0 Å². The van der Waals surface area contributed by atoms with Crippen LogP contribution in [0.25, 0.3) is 0 Å². The molecule has 6 heteroatoms. The first kappa shape index (κ1) is 21.6. The predicted octanol–water partition coefficient (Wildman–Crippen LogP) is 4.16. The Morgan fingerprint density at radius 3 is 2.68 bits per heavy atom. The molecular formula is C25H33N3O3. The number of nitrogens with zero attached hydrogens (tertiary/aromatic N) is 2. The van der Waals surface area contributed by atoms with E-state index in [2.05, 4.69) is 26.1 Å². The summed E-state index contributed by atoms with van der Waals surface area (Å²) in [6.07, 6.45) is 2.87. The fourth-order valence-electron chi connectivity index (χ4n) is 4.93. The van der Waals surface area contributed by atoms with Gasteiger partial charge in [0.05, 0.1) is 30.5 Å². The molecule has 0 radical (unpaired) electrons. The molecule has 2 unspecified atom stereocenters. The Morgan fingerprint density at radius 2 is 1.97 bits per heavy atom. The Hall–Kier alpha value is -2.60. The van der Waals surface area contributed by atoms with Gasteiger partial charge in [-0.1, -0.05) is 51.1 Å². The average Bonchev–Trinajstić information content (AvgIpc) is 3.43. The second-order valence-electron chi connectivity index (χ2n) is 8.89. The molecular weight excluding hydrogens is 390 g/mol. The number of hydrogen-bond acceptors (Lipinski definition) is 3. The van der Waals surface area contributed by atoms with Gasteiger partial charge in [0.2, 0.25) is 0 Å². The van der Waals surface area contributed by atoms with E-state index in [0.29, 0.717) is 36.9 Å². The highest BCUT2D eigenvalue weighted by Gasteiger charge is 2.35. The molecule has 2 atom stereocenters. The molecule has 0 aliphatic carbocycles. The molecule has 2 aromatic rings. The Kier molecular flexibility index (Phi) is 6.46. The van der Waals surface area contributed by atoms with Crippen molar-refractivity contribution in [1.82, 2.24) is 14.8 Å². The minimum Gasteiger partial charge on any atom is -0.373 e. The summed E-state index contributed by atoms with van der Waals surface area (Å²) in [6.45, 7) is 8.69. The minimum absolute atomic E-state index is 0.0356. The average molecular weight is 424 g/mol. The number of nitrogens with one attached hydrogen (secondary N) is 1. The third-order valence-corrected chi connectivity index (χ3v) is 6.62. The molecule has 0 saturated carbocycles. The summed E-state index contributed by atoms with van der Waals surface area (Å²) < 4.78 is 7.65. The molecule has 6 nitrogen and oxygen atoms in total. The van der Waals surface area contributed by atoms with Crippen LogP contribution in [-0.4, -0.2) is 40.5 Å². The first-order chi connectivity index (χ1) is 15.0. The van der Waals surface area contributed by atoms with Crippen molar-refractivity contribution in [3.8, 4) is 0 Å². The summed E-state index contributed by atoms with van der Waals surface area (Å²) in [5.74, 6) is 0.309. The van der Waals surface area contributed by atoms with Gasteiger partial charge in [-0.05, 0) is 36.8 Å². The Morgan fingerprint density at radius 1 is 1.19 bits per heavy atom. The van der Waals surface area contributed by atoms with E-state index in [4.69, 9.17) is 4.74 Å². The monoisotopic (exact) mass is 423 g/mol. The molecule has 31 heavy (non-hydrogen) atoms. The highest BCUT2D eigenvalue weighted by Crippen LogP contribution is 2.29. The zero-order valence-electron chi connectivity index (χ0n) is 18.8. The van der Waals surface area contributed by atoms with Crippen molar-refractivity contribution in [2.45, 2.75) is 65.3 Å². The van der Waals surface area contributed by atoms with Gasteiger partial charge < -0.3 is 19.5 Å². The molecule has 2 amide bonds. The van der Waals surface area contributed by atoms with Crippen molar-refractivity contribution < 1.29 is 14.3 Å². The lowest BCUT2D eigenvalue weighted by Gasteiger charge is -2.28. The lowest BCUT2D eigenvalue weighted by Crippen LogP contribution is -2.39. The molecule has 1 saturated heterocycles. The molecule has 2 aliphatic heterocycles. The van der Waals surface area contributed by atoms with Crippen LogP contribution in [0.5, 0.6) is 0 Å². The van der Waals surface area contributed by atoms with Crippen molar-refractivity contribution in [2.24, 2.45) is 5.92 Å². The Balaban J connectivity index is 1.62. The normalized spacial score (nSPS) is 19.4. The van der Waals surface area contributed by atoms with Crippen molar-refractivity contribution in [3.63, 3.8) is 0 Å². The largest absolute Gasteiger partial charge is 0.373 e. The lowest BCUT2D eigenvalue weighted by molar-refractivity contribution is 0.0648. The summed E-state index contributed by atoms with van der Waals surface area (Å²) in [6, 6.07) is 12.0. The van der Waals surface area contributed by atoms with Gasteiger partial charge in [0.1, 0.15) is 5.69 Å². The molecule has 0 bridgehead atoms. The van der Waals surface area contributed by atoms with Crippen molar-refractivity contribution in [2.75, 3.05) is 13.2 Å². The van der Waals surface area contributed by atoms with E-state index in [1.807, 2.05) is 39.8 Å². The van der Waals surface area contributed by atoms with Crippen LogP contribution in [0.15, 0.2) is 36.4 Å². The molecule has 1 aromatic carbocycles. The van der Waals surface area contributed by atoms with Crippen LogP contribution in [0.1, 0.15) is 78.2 Å². The standard InChI is InChI=1S/C25H33N3O3/c1-4-20(18-9-6-5-7-10-18)26-24(29)19-15-22(27-13-14-31-16-23(19)27)25(30)28-12-8-11-21(28)17(2)3/h5-7,9-10,15,17,20-21H,4,8,11-14,16H2,1-3H3,(H,26,29). The van der Waals surface area contributed by atoms with Crippen LogP contribution >= 0.6 is 0 Å². The number of amides is 2. The number of fused-ring (bicyclic) bond motifs is 1. The van der Waals surface area contributed by atoms with E-state index in [1.165, 1.54) is 0 Å². The van der Waals surface area contributed by atoms with Crippen LogP contribution in [0.4, 0.5) is 0 Å². The van der Waals surface area contributed by atoms with Crippen molar-refractivity contribution in [1.29, 1.82) is 0 Å². The molecule has 0 spiro atoms. The predicted molar refractivity (Wildman–Crippen MR) is 120 cm³/mol.